The molecule has 0 aliphatic heterocycles. The number of hydrogen-bond acceptors (Lipinski definition) is 4. The number of carbonyl (C=O) groups excluding carboxylic acids is 1. The number of benzene rings is 1. The van der Waals surface area contributed by atoms with Crippen LogP contribution in [0.2, 0.25) is 0 Å². The Morgan fingerprint density at radius 3 is 2.75 bits per heavy atom. The first-order chi connectivity index (χ1) is 11.1. The van der Waals surface area contributed by atoms with Crippen molar-refractivity contribution < 1.29 is 4.79 Å². The van der Waals surface area contributed by atoms with E-state index in [1.54, 1.807) is 0 Å². The molecule has 1 amide bonds. The zero-order valence-corrected chi connectivity index (χ0v) is 14.8. The van der Waals surface area contributed by atoms with Crippen LogP contribution in [0.5, 0.6) is 0 Å². The lowest BCUT2D eigenvalue weighted by atomic mass is 10.1. The van der Waals surface area contributed by atoms with Gasteiger partial charge < -0.3 is 10.6 Å². The van der Waals surface area contributed by atoms with Gasteiger partial charge in [0.05, 0.1) is 12.2 Å². The molecule has 1 aromatic carbocycles. The molecular weight excluding hydrogens is 326 g/mol. The number of rotatable bonds is 7. The van der Waals surface area contributed by atoms with Crippen LogP contribution in [0.15, 0.2) is 24.3 Å². The van der Waals surface area contributed by atoms with Crippen molar-refractivity contribution in [3.05, 3.63) is 30.1 Å². The maximum atomic E-state index is 12.1. The second-order valence-corrected chi connectivity index (χ2v) is 6.37. The van der Waals surface area contributed by atoms with E-state index in [1.807, 2.05) is 24.3 Å². The van der Waals surface area contributed by atoms with Gasteiger partial charge in [-0.25, -0.2) is 4.98 Å². The predicted octanol–water partition coefficient (Wildman–Crippen LogP) is 2.96. The molecule has 0 atom stereocenters. The van der Waals surface area contributed by atoms with E-state index in [9.17, 15) is 4.79 Å². The Labute approximate surface area is 148 Å². The van der Waals surface area contributed by atoms with Crippen molar-refractivity contribution in [1.82, 2.24) is 20.5 Å². The van der Waals surface area contributed by atoms with Crippen LogP contribution in [0, 0.1) is 5.92 Å². The average Bonchev–Trinajstić information content (AvgIpc) is 3.21. The fourth-order valence-electron chi connectivity index (χ4n) is 2.35. The molecule has 1 saturated carbocycles. The van der Waals surface area contributed by atoms with E-state index < -0.39 is 0 Å². The molecule has 1 fully saturated rings. The molecule has 6 nitrogen and oxygen atoms in total. The van der Waals surface area contributed by atoms with E-state index >= 15 is 0 Å². The van der Waals surface area contributed by atoms with Crippen LogP contribution in [0.3, 0.4) is 0 Å². The van der Waals surface area contributed by atoms with Gasteiger partial charge in [0.25, 0.3) is 0 Å². The summed E-state index contributed by atoms with van der Waals surface area (Å²) in [5.74, 6) is 2.45. The first-order valence-electron chi connectivity index (χ1n) is 8.15. The largest absolute Gasteiger partial charge is 0.324 e. The Hall–Kier alpha value is -1.92. The van der Waals surface area contributed by atoms with Crippen LogP contribution in [0.1, 0.15) is 38.4 Å². The highest BCUT2D eigenvalue weighted by Crippen LogP contribution is 2.27. The van der Waals surface area contributed by atoms with Gasteiger partial charge >= 0.3 is 0 Å². The zero-order valence-electron chi connectivity index (χ0n) is 14.0. The van der Waals surface area contributed by atoms with E-state index in [-0.39, 0.29) is 24.2 Å². The van der Waals surface area contributed by atoms with Crippen LogP contribution < -0.4 is 10.6 Å². The Balaban J connectivity index is 0.00000208. The Morgan fingerprint density at radius 2 is 2.08 bits per heavy atom. The molecule has 2 aromatic rings. The van der Waals surface area contributed by atoms with Crippen molar-refractivity contribution in [3.63, 3.8) is 0 Å². The summed E-state index contributed by atoms with van der Waals surface area (Å²) in [6.45, 7) is 5.37. The van der Waals surface area contributed by atoms with Crippen LogP contribution >= 0.6 is 12.4 Å². The minimum absolute atomic E-state index is 0. The van der Waals surface area contributed by atoms with E-state index in [2.05, 4.69) is 39.7 Å². The van der Waals surface area contributed by atoms with Gasteiger partial charge in [-0.1, -0.05) is 26.0 Å². The third-order valence-corrected chi connectivity index (χ3v) is 3.91. The van der Waals surface area contributed by atoms with Crippen molar-refractivity contribution in [2.24, 2.45) is 5.92 Å². The van der Waals surface area contributed by atoms with Gasteiger partial charge in [0.2, 0.25) is 5.91 Å². The van der Waals surface area contributed by atoms with Crippen molar-refractivity contribution in [1.29, 1.82) is 0 Å². The number of anilines is 1. The SMILES string of the molecule is CC(C)c1nc(-c2ccccc2NC(=O)CNCC2CC2)n[nH]1.Cl. The summed E-state index contributed by atoms with van der Waals surface area (Å²) in [5, 5.41) is 13.4. The molecule has 7 heteroatoms. The Bertz CT molecular complexity index is 681. The van der Waals surface area contributed by atoms with Crippen LogP contribution in [-0.2, 0) is 4.79 Å². The van der Waals surface area contributed by atoms with Crippen LogP contribution in [0.4, 0.5) is 5.69 Å². The number of aromatic nitrogens is 3. The van der Waals surface area contributed by atoms with E-state index in [0.717, 1.165) is 29.5 Å². The minimum Gasteiger partial charge on any atom is -0.324 e. The number of aromatic amines is 1. The van der Waals surface area contributed by atoms with Gasteiger partial charge in [-0.3, -0.25) is 9.89 Å². The molecule has 1 heterocycles. The highest BCUT2D eigenvalue weighted by Gasteiger charge is 2.20. The molecule has 0 unspecified atom stereocenters. The second kappa shape index (κ2) is 8.26. The Kier molecular flexibility index (Phi) is 6.34. The summed E-state index contributed by atoms with van der Waals surface area (Å²) in [6, 6.07) is 7.61. The molecule has 0 radical (unpaired) electrons. The topological polar surface area (TPSA) is 82.7 Å². The van der Waals surface area contributed by atoms with Crippen LogP contribution in [-0.4, -0.2) is 34.2 Å². The molecule has 0 spiro atoms. The third-order valence-electron chi connectivity index (χ3n) is 3.91. The molecule has 3 rings (SSSR count). The number of amides is 1. The fourth-order valence-corrected chi connectivity index (χ4v) is 2.35. The number of halogens is 1. The lowest BCUT2D eigenvalue weighted by Crippen LogP contribution is -2.29. The monoisotopic (exact) mass is 349 g/mol. The van der Waals surface area contributed by atoms with Gasteiger partial charge in [-0.05, 0) is 37.4 Å². The van der Waals surface area contributed by atoms with E-state index in [0.29, 0.717) is 12.4 Å². The molecule has 130 valence electrons. The summed E-state index contributed by atoms with van der Waals surface area (Å²) in [4.78, 5) is 16.6. The van der Waals surface area contributed by atoms with Crippen molar-refractivity contribution in [2.45, 2.75) is 32.6 Å². The fraction of sp³-hybridized carbons (Fsp3) is 0.471. The molecule has 3 N–H and O–H groups in total. The number of nitrogens with zero attached hydrogens (tertiary/aromatic N) is 2. The molecule has 0 saturated heterocycles. The van der Waals surface area contributed by atoms with Gasteiger partial charge in [0.15, 0.2) is 5.82 Å². The first-order valence-corrected chi connectivity index (χ1v) is 8.15. The average molecular weight is 350 g/mol. The summed E-state index contributed by atoms with van der Waals surface area (Å²) in [6.07, 6.45) is 2.56. The number of H-pyrrole nitrogens is 1. The quantitative estimate of drug-likeness (QED) is 0.717. The number of nitrogens with one attached hydrogen (secondary N) is 3. The van der Waals surface area contributed by atoms with Gasteiger partial charge in [0, 0.05) is 11.5 Å². The molecule has 24 heavy (non-hydrogen) atoms. The van der Waals surface area contributed by atoms with Crippen molar-refractivity contribution in [2.75, 3.05) is 18.4 Å². The second-order valence-electron chi connectivity index (χ2n) is 6.37. The lowest BCUT2D eigenvalue weighted by Gasteiger charge is -2.09. The van der Waals surface area contributed by atoms with E-state index in [1.165, 1.54) is 12.8 Å². The predicted molar refractivity (Wildman–Crippen MR) is 97.4 cm³/mol. The highest BCUT2D eigenvalue weighted by atomic mass is 35.5. The maximum absolute atomic E-state index is 12.1. The third kappa shape index (κ3) is 4.79. The van der Waals surface area contributed by atoms with E-state index in [4.69, 9.17) is 0 Å². The molecule has 1 aliphatic carbocycles. The standard InChI is InChI=1S/C17H23N5O.ClH/c1-11(2)16-20-17(22-21-16)13-5-3-4-6-14(13)19-15(23)10-18-9-12-7-8-12;/h3-6,11-12,18H,7-10H2,1-2H3,(H,19,23)(H,20,21,22);1H. The van der Waals surface area contributed by atoms with Gasteiger partial charge in [-0.15, -0.1) is 12.4 Å². The summed E-state index contributed by atoms with van der Waals surface area (Å²) in [5.41, 5.74) is 1.56. The zero-order chi connectivity index (χ0) is 16.2. The number of carbonyl (C=O) groups is 1. The molecule has 1 aromatic heterocycles. The number of hydrogen-bond donors (Lipinski definition) is 3. The molecule has 0 bridgehead atoms. The van der Waals surface area contributed by atoms with Crippen molar-refractivity contribution in [3.8, 4) is 11.4 Å². The highest BCUT2D eigenvalue weighted by molar-refractivity contribution is 5.95. The maximum Gasteiger partial charge on any atom is 0.238 e. The Morgan fingerprint density at radius 1 is 1.33 bits per heavy atom. The normalized spacial score (nSPS) is 13.6. The summed E-state index contributed by atoms with van der Waals surface area (Å²) >= 11 is 0. The van der Waals surface area contributed by atoms with Crippen LogP contribution in [0.25, 0.3) is 11.4 Å². The van der Waals surface area contributed by atoms with Crippen molar-refractivity contribution >= 4 is 24.0 Å². The first kappa shape index (κ1) is 18.4. The summed E-state index contributed by atoms with van der Waals surface area (Å²) in [7, 11) is 0. The minimum atomic E-state index is -0.0438. The van der Waals surface area contributed by atoms with Gasteiger partial charge in [-0.2, -0.15) is 5.10 Å². The lowest BCUT2D eigenvalue weighted by molar-refractivity contribution is -0.115. The summed E-state index contributed by atoms with van der Waals surface area (Å²) < 4.78 is 0. The smallest absolute Gasteiger partial charge is 0.238 e. The molecule has 1 aliphatic rings. The van der Waals surface area contributed by atoms with Gasteiger partial charge in [0.1, 0.15) is 5.82 Å². The molecular formula is C17H24ClN5O. The number of para-hydroxylation sites is 1.